The van der Waals surface area contributed by atoms with Gasteiger partial charge in [0.2, 0.25) is 0 Å². The molecular weight excluding hydrogens is 288 g/mol. The molecule has 1 unspecified atom stereocenters. The average Bonchev–Trinajstić information content (AvgIpc) is 2.31. The highest BCUT2D eigenvalue weighted by Crippen LogP contribution is 2.27. The summed E-state index contributed by atoms with van der Waals surface area (Å²) in [6, 6.07) is 0. The number of likely N-dealkylation sites (tertiary alicyclic amines) is 1. The summed E-state index contributed by atoms with van der Waals surface area (Å²) in [7, 11) is 0. The monoisotopic (exact) mass is 316 g/mol. The van der Waals surface area contributed by atoms with Crippen molar-refractivity contribution in [3.63, 3.8) is 0 Å². The Balaban J connectivity index is 2.52. The van der Waals surface area contributed by atoms with Crippen molar-refractivity contribution >= 4 is 12.1 Å². The molecule has 1 saturated heterocycles. The van der Waals surface area contributed by atoms with Crippen molar-refractivity contribution in [2.45, 2.75) is 64.2 Å². The van der Waals surface area contributed by atoms with Crippen LogP contribution < -0.4 is 5.32 Å². The van der Waals surface area contributed by atoms with Crippen molar-refractivity contribution in [2.24, 2.45) is 0 Å². The molecule has 3 N–H and O–H groups in total. The average molecular weight is 316 g/mol. The van der Waals surface area contributed by atoms with Crippen molar-refractivity contribution in [1.82, 2.24) is 10.2 Å². The van der Waals surface area contributed by atoms with E-state index in [0.717, 1.165) is 0 Å². The van der Waals surface area contributed by atoms with Gasteiger partial charge in [0.1, 0.15) is 5.60 Å². The number of hydrogen-bond donors (Lipinski definition) is 3. The second-order valence-corrected chi connectivity index (χ2v) is 6.96. The van der Waals surface area contributed by atoms with Crippen LogP contribution in [0.1, 0.15) is 47.0 Å². The molecule has 1 heterocycles. The molecule has 0 saturated carbocycles. The third kappa shape index (κ3) is 5.81. The van der Waals surface area contributed by atoms with Crippen LogP contribution in [0.5, 0.6) is 0 Å². The minimum absolute atomic E-state index is 0.0610. The number of carboxylic acids is 1. The van der Waals surface area contributed by atoms with Gasteiger partial charge in [-0.2, -0.15) is 0 Å². The van der Waals surface area contributed by atoms with Crippen molar-refractivity contribution in [1.29, 1.82) is 0 Å². The summed E-state index contributed by atoms with van der Waals surface area (Å²) in [5, 5.41) is 21.8. The predicted molar refractivity (Wildman–Crippen MR) is 81.7 cm³/mol. The zero-order valence-electron chi connectivity index (χ0n) is 13.9. The Kier molecular flexibility index (Phi) is 6.19. The zero-order chi connectivity index (χ0) is 17.0. The lowest BCUT2D eigenvalue weighted by Crippen LogP contribution is -2.71. The van der Waals surface area contributed by atoms with Gasteiger partial charge in [0.15, 0.2) is 0 Å². The Labute approximate surface area is 131 Å². The number of carboxylic acid groups (broad SMARTS) is 1. The third-order valence-electron chi connectivity index (χ3n) is 3.58. The number of rotatable bonds is 7. The third-order valence-corrected chi connectivity index (χ3v) is 3.58. The number of ether oxygens (including phenoxy) is 1. The molecule has 1 amide bonds. The number of aliphatic carboxylic acids is 1. The normalized spacial score (nSPS) is 18.5. The molecule has 7 nitrogen and oxygen atoms in total. The second-order valence-electron chi connectivity index (χ2n) is 6.96. The van der Waals surface area contributed by atoms with Crippen LogP contribution in [0.25, 0.3) is 0 Å². The molecule has 1 aliphatic heterocycles. The summed E-state index contributed by atoms with van der Waals surface area (Å²) >= 11 is 0. The molecule has 0 bridgehead atoms. The van der Waals surface area contributed by atoms with Crippen LogP contribution in [0.2, 0.25) is 0 Å². The van der Waals surface area contributed by atoms with Crippen LogP contribution in [-0.4, -0.2) is 64.1 Å². The van der Waals surface area contributed by atoms with Crippen LogP contribution in [0.3, 0.4) is 0 Å². The Morgan fingerprint density at radius 1 is 1.36 bits per heavy atom. The van der Waals surface area contributed by atoms with Gasteiger partial charge in [-0.25, -0.2) is 4.79 Å². The molecule has 0 aromatic rings. The van der Waals surface area contributed by atoms with E-state index >= 15 is 0 Å². The van der Waals surface area contributed by atoms with Gasteiger partial charge in [-0.15, -0.1) is 0 Å². The van der Waals surface area contributed by atoms with Crippen LogP contribution in [0.4, 0.5) is 4.79 Å². The molecule has 0 aromatic carbocycles. The van der Waals surface area contributed by atoms with E-state index in [1.54, 1.807) is 20.8 Å². The van der Waals surface area contributed by atoms with Gasteiger partial charge >= 0.3 is 12.1 Å². The lowest BCUT2D eigenvalue weighted by atomic mass is 9.86. The molecule has 7 heteroatoms. The number of nitrogens with one attached hydrogen (secondary N) is 1. The van der Waals surface area contributed by atoms with E-state index in [1.165, 1.54) is 4.90 Å². The highest BCUT2D eigenvalue weighted by atomic mass is 16.6. The van der Waals surface area contributed by atoms with E-state index < -0.39 is 29.3 Å². The molecular formula is C15H28N2O5. The predicted octanol–water partition coefficient (Wildman–Crippen LogP) is 1.20. The van der Waals surface area contributed by atoms with Gasteiger partial charge in [0.05, 0.1) is 18.1 Å². The minimum Gasteiger partial charge on any atom is -0.481 e. The molecule has 22 heavy (non-hydrogen) atoms. The lowest BCUT2D eigenvalue weighted by Gasteiger charge is -2.49. The fourth-order valence-electron chi connectivity index (χ4n) is 2.42. The number of nitrogens with zero attached hydrogens (tertiary/aromatic N) is 1. The molecule has 0 radical (unpaired) electrons. The maximum Gasteiger partial charge on any atom is 0.410 e. The SMILES string of the molecule is CCC(O)CCNC1(CC(=O)O)CN(C(=O)OC(C)(C)C)C1. The summed E-state index contributed by atoms with van der Waals surface area (Å²) in [5.74, 6) is -0.910. The van der Waals surface area contributed by atoms with Crippen LogP contribution in [0, 0.1) is 0 Å². The molecule has 0 aliphatic carbocycles. The van der Waals surface area contributed by atoms with Crippen molar-refractivity contribution in [2.75, 3.05) is 19.6 Å². The largest absolute Gasteiger partial charge is 0.481 e. The number of carbonyl (C=O) groups excluding carboxylic acids is 1. The molecule has 1 atom stereocenters. The smallest absolute Gasteiger partial charge is 0.410 e. The Morgan fingerprint density at radius 3 is 2.41 bits per heavy atom. The highest BCUT2D eigenvalue weighted by Gasteiger charge is 2.47. The number of hydrogen-bond acceptors (Lipinski definition) is 5. The summed E-state index contributed by atoms with van der Waals surface area (Å²) in [6.45, 7) is 8.39. The minimum atomic E-state index is -0.910. The standard InChI is InChI=1S/C15H28N2O5/c1-5-11(18)6-7-16-15(8-12(19)20)9-17(10-15)13(21)22-14(2,3)4/h11,16,18H,5-10H2,1-4H3,(H,19,20). The Morgan fingerprint density at radius 2 is 1.95 bits per heavy atom. The molecule has 0 spiro atoms. The van der Waals surface area contributed by atoms with Gasteiger partial charge < -0.3 is 25.2 Å². The first kappa shape index (κ1) is 18.7. The Hall–Kier alpha value is -1.34. The molecule has 1 aliphatic rings. The van der Waals surface area contributed by atoms with Crippen molar-refractivity contribution < 1.29 is 24.5 Å². The zero-order valence-corrected chi connectivity index (χ0v) is 13.9. The number of carbonyl (C=O) groups is 2. The van der Waals surface area contributed by atoms with E-state index in [0.29, 0.717) is 32.5 Å². The van der Waals surface area contributed by atoms with E-state index in [9.17, 15) is 14.7 Å². The first-order valence-electron chi connectivity index (χ1n) is 7.70. The Bertz CT molecular complexity index is 399. The maximum absolute atomic E-state index is 11.9. The van der Waals surface area contributed by atoms with Gasteiger partial charge in [0, 0.05) is 13.1 Å². The first-order valence-corrected chi connectivity index (χ1v) is 7.70. The van der Waals surface area contributed by atoms with Crippen LogP contribution >= 0.6 is 0 Å². The van der Waals surface area contributed by atoms with Gasteiger partial charge in [-0.1, -0.05) is 6.92 Å². The second kappa shape index (κ2) is 7.28. The number of aliphatic hydroxyl groups is 1. The fraction of sp³-hybridized carbons (Fsp3) is 0.867. The van der Waals surface area contributed by atoms with Crippen LogP contribution in [-0.2, 0) is 9.53 Å². The molecule has 1 fully saturated rings. The topological polar surface area (TPSA) is 99.1 Å². The van der Waals surface area contributed by atoms with Gasteiger partial charge in [0.25, 0.3) is 0 Å². The van der Waals surface area contributed by atoms with E-state index in [4.69, 9.17) is 9.84 Å². The summed E-state index contributed by atoms with van der Waals surface area (Å²) in [6.07, 6.45) is 0.344. The lowest BCUT2D eigenvalue weighted by molar-refractivity contribution is -0.141. The number of aliphatic hydroxyl groups excluding tert-OH is 1. The van der Waals surface area contributed by atoms with E-state index in [1.807, 2.05) is 6.92 Å². The maximum atomic E-state index is 11.9. The van der Waals surface area contributed by atoms with E-state index in [-0.39, 0.29) is 6.42 Å². The molecule has 1 rings (SSSR count). The van der Waals surface area contributed by atoms with Crippen LogP contribution in [0.15, 0.2) is 0 Å². The summed E-state index contributed by atoms with van der Waals surface area (Å²) < 4.78 is 5.27. The van der Waals surface area contributed by atoms with Crippen molar-refractivity contribution in [3.8, 4) is 0 Å². The molecule has 0 aromatic heterocycles. The van der Waals surface area contributed by atoms with E-state index in [2.05, 4.69) is 5.32 Å². The van der Waals surface area contributed by atoms with Gasteiger partial charge in [-0.3, -0.25) is 4.79 Å². The summed E-state index contributed by atoms with van der Waals surface area (Å²) in [5.41, 5.74) is -1.20. The fourth-order valence-corrected chi connectivity index (χ4v) is 2.42. The van der Waals surface area contributed by atoms with Crippen molar-refractivity contribution in [3.05, 3.63) is 0 Å². The molecule has 128 valence electrons. The highest BCUT2D eigenvalue weighted by molar-refractivity contribution is 5.73. The number of amides is 1. The quantitative estimate of drug-likeness (QED) is 0.653. The first-order chi connectivity index (χ1) is 10.1. The summed E-state index contributed by atoms with van der Waals surface area (Å²) in [4.78, 5) is 24.5. The van der Waals surface area contributed by atoms with Gasteiger partial charge in [-0.05, 0) is 40.2 Å².